The molecule has 0 aliphatic heterocycles. The Morgan fingerprint density at radius 2 is 1.76 bits per heavy atom. The summed E-state index contributed by atoms with van der Waals surface area (Å²) in [7, 11) is 0. The number of hydrogen-bond acceptors (Lipinski definition) is 3. The van der Waals surface area contributed by atoms with Crippen LogP contribution in [0.3, 0.4) is 0 Å². The molecule has 0 aromatic heterocycles. The maximum atomic E-state index is 12.2. The van der Waals surface area contributed by atoms with E-state index in [0.717, 1.165) is 0 Å². The molecule has 6 nitrogen and oxygen atoms in total. The molecule has 25 heavy (non-hydrogen) atoms. The van der Waals surface area contributed by atoms with Crippen LogP contribution in [0.2, 0.25) is 0 Å². The molecule has 0 aliphatic rings. The van der Waals surface area contributed by atoms with E-state index in [9.17, 15) is 14.7 Å². The van der Waals surface area contributed by atoms with Gasteiger partial charge in [0.2, 0.25) is 0 Å². The SMILES string of the molecule is CC(C)(C)NC(=O)c1cccc(NC(=O)NCc2ccccc2O)c1. The van der Waals surface area contributed by atoms with Gasteiger partial charge in [0, 0.05) is 28.9 Å². The molecule has 0 bridgehead atoms. The topological polar surface area (TPSA) is 90.5 Å². The second-order valence-electron chi connectivity index (χ2n) is 6.72. The zero-order valence-corrected chi connectivity index (χ0v) is 14.6. The van der Waals surface area contributed by atoms with Crippen molar-refractivity contribution in [2.24, 2.45) is 0 Å². The molecule has 4 N–H and O–H groups in total. The molecule has 0 saturated heterocycles. The smallest absolute Gasteiger partial charge is 0.319 e. The second kappa shape index (κ2) is 7.70. The van der Waals surface area contributed by atoms with Gasteiger partial charge in [-0.15, -0.1) is 0 Å². The fourth-order valence-electron chi connectivity index (χ4n) is 2.16. The first-order valence-corrected chi connectivity index (χ1v) is 7.99. The Kier molecular flexibility index (Phi) is 5.64. The van der Waals surface area contributed by atoms with Crippen molar-refractivity contribution in [1.82, 2.24) is 10.6 Å². The van der Waals surface area contributed by atoms with Crippen molar-refractivity contribution in [2.45, 2.75) is 32.9 Å². The second-order valence-corrected chi connectivity index (χ2v) is 6.72. The van der Waals surface area contributed by atoms with Crippen LogP contribution >= 0.6 is 0 Å². The highest BCUT2D eigenvalue weighted by molar-refractivity contribution is 5.97. The van der Waals surface area contributed by atoms with E-state index >= 15 is 0 Å². The summed E-state index contributed by atoms with van der Waals surface area (Å²) in [5.41, 5.74) is 1.26. The van der Waals surface area contributed by atoms with Crippen molar-refractivity contribution >= 4 is 17.6 Å². The van der Waals surface area contributed by atoms with Crippen LogP contribution in [0.5, 0.6) is 5.75 Å². The van der Waals surface area contributed by atoms with E-state index in [1.165, 1.54) is 0 Å². The van der Waals surface area contributed by atoms with Crippen molar-refractivity contribution in [1.29, 1.82) is 0 Å². The van der Waals surface area contributed by atoms with Crippen molar-refractivity contribution < 1.29 is 14.7 Å². The molecule has 0 radical (unpaired) electrons. The molecule has 0 heterocycles. The summed E-state index contributed by atoms with van der Waals surface area (Å²) in [6.45, 7) is 5.90. The van der Waals surface area contributed by atoms with Crippen LogP contribution in [0.4, 0.5) is 10.5 Å². The molecule has 6 heteroatoms. The molecule has 2 rings (SSSR count). The third kappa shape index (κ3) is 5.84. The summed E-state index contributed by atoms with van der Waals surface area (Å²) in [4.78, 5) is 24.2. The lowest BCUT2D eigenvalue weighted by Crippen LogP contribution is -2.40. The summed E-state index contributed by atoms with van der Waals surface area (Å²) in [5, 5.41) is 17.9. The van der Waals surface area contributed by atoms with E-state index in [4.69, 9.17) is 0 Å². The van der Waals surface area contributed by atoms with Crippen molar-refractivity contribution in [3.05, 3.63) is 59.7 Å². The number of aromatic hydroxyl groups is 1. The predicted octanol–water partition coefficient (Wildman–Crippen LogP) is 3.24. The molecule has 2 aromatic carbocycles. The largest absolute Gasteiger partial charge is 0.508 e. The van der Waals surface area contributed by atoms with Gasteiger partial charge < -0.3 is 21.1 Å². The van der Waals surface area contributed by atoms with Gasteiger partial charge in [-0.25, -0.2) is 4.79 Å². The maximum Gasteiger partial charge on any atom is 0.319 e. The number of carbonyl (C=O) groups is 2. The van der Waals surface area contributed by atoms with Crippen LogP contribution < -0.4 is 16.0 Å². The number of urea groups is 1. The fourth-order valence-corrected chi connectivity index (χ4v) is 2.16. The Labute approximate surface area is 147 Å². The molecule has 0 spiro atoms. The number of benzene rings is 2. The summed E-state index contributed by atoms with van der Waals surface area (Å²) in [6, 6.07) is 13.1. The Morgan fingerprint density at radius 3 is 2.44 bits per heavy atom. The molecule has 0 aliphatic carbocycles. The van der Waals surface area contributed by atoms with Gasteiger partial charge in [-0.05, 0) is 45.0 Å². The Bertz CT molecular complexity index is 767. The van der Waals surface area contributed by atoms with E-state index < -0.39 is 6.03 Å². The van der Waals surface area contributed by atoms with E-state index in [-0.39, 0.29) is 23.7 Å². The predicted molar refractivity (Wildman–Crippen MR) is 97.6 cm³/mol. The van der Waals surface area contributed by atoms with E-state index in [1.807, 2.05) is 20.8 Å². The van der Waals surface area contributed by atoms with Crippen LogP contribution in [-0.4, -0.2) is 22.6 Å². The lowest BCUT2D eigenvalue weighted by molar-refractivity contribution is 0.0919. The van der Waals surface area contributed by atoms with Gasteiger partial charge in [0.25, 0.3) is 5.91 Å². The molecular weight excluding hydrogens is 318 g/mol. The monoisotopic (exact) mass is 341 g/mol. The van der Waals surface area contributed by atoms with Crippen LogP contribution in [0.1, 0.15) is 36.7 Å². The van der Waals surface area contributed by atoms with E-state index in [1.54, 1.807) is 48.5 Å². The molecule has 3 amide bonds. The molecule has 0 fully saturated rings. The molecule has 132 valence electrons. The zero-order chi connectivity index (χ0) is 18.4. The average Bonchev–Trinajstić information content (AvgIpc) is 2.53. The maximum absolute atomic E-state index is 12.2. The third-order valence-corrected chi connectivity index (χ3v) is 3.30. The van der Waals surface area contributed by atoms with Crippen LogP contribution in [-0.2, 0) is 6.54 Å². The molecule has 0 saturated carbocycles. The summed E-state index contributed by atoms with van der Waals surface area (Å²) in [6.07, 6.45) is 0. The van der Waals surface area contributed by atoms with Gasteiger partial charge in [0.05, 0.1) is 0 Å². The van der Waals surface area contributed by atoms with Gasteiger partial charge in [-0.3, -0.25) is 4.79 Å². The Morgan fingerprint density at radius 1 is 1.04 bits per heavy atom. The highest BCUT2D eigenvalue weighted by Crippen LogP contribution is 2.15. The number of amides is 3. The van der Waals surface area contributed by atoms with Gasteiger partial charge in [0.15, 0.2) is 0 Å². The van der Waals surface area contributed by atoms with Crippen LogP contribution in [0, 0.1) is 0 Å². The minimum absolute atomic E-state index is 0.128. The Balaban J connectivity index is 1.96. The number of anilines is 1. The number of para-hydroxylation sites is 1. The molecule has 0 unspecified atom stereocenters. The number of phenols is 1. The van der Waals surface area contributed by atoms with E-state index in [0.29, 0.717) is 16.8 Å². The van der Waals surface area contributed by atoms with Gasteiger partial charge >= 0.3 is 6.03 Å². The first-order valence-electron chi connectivity index (χ1n) is 7.99. The fraction of sp³-hybridized carbons (Fsp3) is 0.263. The summed E-state index contributed by atoms with van der Waals surface area (Å²) >= 11 is 0. The zero-order valence-electron chi connectivity index (χ0n) is 14.6. The van der Waals surface area contributed by atoms with Gasteiger partial charge in [-0.1, -0.05) is 24.3 Å². The number of hydrogen-bond donors (Lipinski definition) is 4. The molecule has 2 aromatic rings. The Hall–Kier alpha value is -3.02. The van der Waals surface area contributed by atoms with Crippen molar-refractivity contribution in [2.75, 3.05) is 5.32 Å². The standard InChI is InChI=1S/C19H23N3O3/c1-19(2,3)22-17(24)13-8-6-9-15(11-13)21-18(25)20-12-14-7-4-5-10-16(14)23/h4-11,23H,12H2,1-3H3,(H,22,24)(H2,20,21,25). The highest BCUT2D eigenvalue weighted by Gasteiger charge is 2.15. The quantitative estimate of drug-likeness (QED) is 0.688. The minimum atomic E-state index is -0.420. The van der Waals surface area contributed by atoms with Gasteiger partial charge in [-0.2, -0.15) is 0 Å². The average molecular weight is 341 g/mol. The lowest BCUT2D eigenvalue weighted by Gasteiger charge is -2.20. The highest BCUT2D eigenvalue weighted by atomic mass is 16.3. The normalized spacial score (nSPS) is 10.8. The molecule has 0 atom stereocenters. The van der Waals surface area contributed by atoms with Crippen molar-refractivity contribution in [3.8, 4) is 5.75 Å². The van der Waals surface area contributed by atoms with Gasteiger partial charge in [0.1, 0.15) is 5.75 Å². The number of nitrogens with one attached hydrogen (secondary N) is 3. The third-order valence-electron chi connectivity index (χ3n) is 3.30. The minimum Gasteiger partial charge on any atom is -0.508 e. The number of rotatable bonds is 4. The number of phenolic OH excluding ortho intramolecular Hbond substituents is 1. The van der Waals surface area contributed by atoms with Crippen LogP contribution in [0.15, 0.2) is 48.5 Å². The van der Waals surface area contributed by atoms with Crippen molar-refractivity contribution in [3.63, 3.8) is 0 Å². The lowest BCUT2D eigenvalue weighted by atomic mass is 10.1. The summed E-state index contributed by atoms with van der Waals surface area (Å²) in [5.74, 6) is -0.0746. The first-order chi connectivity index (χ1) is 11.7. The van der Waals surface area contributed by atoms with Crippen LogP contribution in [0.25, 0.3) is 0 Å². The summed E-state index contributed by atoms with van der Waals surface area (Å²) < 4.78 is 0. The number of carbonyl (C=O) groups excluding carboxylic acids is 2. The first kappa shape index (κ1) is 18.3. The molecular formula is C19H23N3O3. The van der Waals surface area contributed by atoms with E-state index in [2.05, 4.69) is 16.0 Å².